The Kier molecular flexibility index (Phi) is 3.20. The highest BCUT2D eigenvalue weighted by atomic mass is 35.5. The lowest BCUT2D eigenvalue weighted by molar-refractivity contribution is -0.384. The molecule has 0 aliphatic rings. The lowest BCUT2D eigenvalue weighted by atomic mass is 10.1. The topological polar surface area (TPSA) is 87.0 Å². The third-order valence-corrected chi connectivity index (χ3v) is 2.98. The first-order valence-electron chi connectivity index (χ1n) is 5.23. The second-order valence-electron chi connectivity index (χ2n) is 3.84. The van der Waals surface area contributed by atoms with Crippen LogP contribution in [-0.2, 0) is 0 Å². The van der Waals surface area contributed by atoms with Gasteiger partial charge in [-0.2, -0.15) is 5.10 Å². The van der Waals surface area contributed by atoms with Crippen molar-refractivity contribution < 1.29 is 4.92 Å². The third-order valence-electron chi connectivity index (χ3n) is 2.73. The number of nitrogen functional groups attached to an aromatic ring is 1. The van der Waals surface area contributed by atoms with Gasteiger partial charge < -0.3 is 5.73 Å². The van der Waals surface area contributed by atoms with E-state index in [2.05, 4.69) is 5.10 Å². The molecule has 0 amide bonds. The minimum Gasteiger partial charge on any atom is -0.378 e. The van der Waals surface area contributed by atoms with Crippen molar-refractivity contribution in [3.8, 4) is 0 Å². The largest absolute Gasteiger partial charge is 0.378 e. The van der Waals surface area contributed by atoms with E-state index in [1.807, 2.05) is 19.1 Å². The molecule has 0 saturated carbocycles. The number of aromatic nitrogens is 2. The predicted octanol–water partition coefficient (Wildman–Crippen LogP) is 2.64. The molecule has 0 fully saturated rings. The van der Waals surface area contributed by atoms with Crippen molar-refractivity contribution in [1.82, 2.24) is 9.78 Å². The number of nitrogens with zero attached hydrogens (tertiary/aromatic N) is 3. The lowest BCUT2D eigenvalue weighted by Gasteiger charge is -2.13. The molecule has 18 heavy (non-hydrogen) atoms. The summed E-state index contributed by atoms with van der Waals surface area (Å²) in [6.07, 6.45) is 1.15. The third kappa shape index (κ3) is 2.14. The first-order valence-corrected chi connectivity index (χ1v) is 5.61. The van der Waals surface area contributed by atoms with Crippen molar-refractivity contribution in [2.45, 2.75) is 13.0 Å². The number of nitro groups is 1. The van der Waals surface area contributed by atoms with Crippen LogP contribution in [0.3, 0.4) is 0 Å². The second-order valence-corrected chi connectivity index (χ2v) is 4.28. The fraction of sp³-hybridized carbons (Fsp3) is 0.182. The number of hydrogen-bond acceptors (Lipinski definition) is 4. The maximum atomic E-state index is 10.7. The zero-order valence-electron chi connectivity index (χ0n) is 9.58. The van der Waals surface area contributed by atoms with Crippen LogP contribution < -0.4 is 5.73 Å². The molecule has 2 N–H and O–H groups in total. The molecular formula is C11H11ClN4O2. The highest BCUT2D eigenvalue weighted by Gasteiger charge is 2.21. The Morgan fingerprint density at radius 3 is 2.56 bits per heavy atom. The van der Waals surface area contributed by atoms with E-state index in [0.29, 0.717) is 5.02 Å². The van der Waals surface area contributed by atoms with E-state index in [4.69, 9.17) is 17.3 Å². The van der Waals surface area contributed by atoms with Crippen molar-refractivity contribution in [1.29, 1.82) is 0 Å². The molecule has 2 rings (SSSR count). The molecule has 1 heterocycles. The molecule has 1 unspecified atom stereocenters. The van der Waals surface area contributed by atoms with Gasteiger partial charge in [0.25, 0.3) is 0 Å². The Morgan fingerprint density at radius 2 is 2.06 bits per heavy atom. The number of rotatable bonds is 3. The van der Waals surface area contributed by atoms with E-state index < -0.39 is 4.92 Å². The van der Waals surface area contributed by atoms with Gasteiger partial charge >= 0.3 is 5.69 Å². The molecule has 6 nitrogen and oxygen atoms in total. The molecule has 0 saturated heterocycles. The first kappa shape index (κ1) is 12.4. The average molecular weight is 267 g/mol. The molecule has 1 atom stereocenters. The van der Waals surface area contributed by atoms with Crippen LogP contribution in [0.25, 0.3) is 0 Å². The van der Waals surface area contributed by atoms with Crippen molar-refractivity contribution >= 4 is 23.1 Å². The van der Waals surface area contributed by atoms with Gasteiger partial charge in [-0.3, -0.25) is 10.1 Å². The van der Waals surface area contributed by atoms with Gasteiger partial charge in [0, 0.05) is 5.02 Å². The average Bonchev–Trinajstić information content (AvgIpc) is 2.71. The van der Waals surface area contributed by atoms with Gasteiger partial charge in [0.2, 0.25) is 5.82 Å². The predicted molar refractivity (Wildman–Crippen MR) is 68.6 cm³/mol. The highest BCUT2D eigenvalue weighted by Crippen LogP contribution is 2.27. The van der Waals surface area contributed by atoms with Gasteiger partial charge in [-0.15, -0.1) is 0 Å². The second kappa shape index (κ2) is 4.66. The Balaban J connectivity index is 2.37. The number of benzene rings is 1. The van der Waals surface area contributed by atoms with Gasteiger partial charge in [-0.1, -0.05) is 23.7 Å². The first-order chi connectivity index (χ1) is 8.50. The van der Waals surface area contributed by atoms with Gasteiger partial charge in [0.05, 0.1) is 11.0 Å². The summed E-state index contributed by atoms with van der Waals surface area (Å²) in [4.78, 5) is 10.1. The number of halogens is 1. The van der Waals surface area contributed by atoms with Crippen molar-refractivity contribution in [3.63, 3.8) is 0 Å². The quantitative estimate of drug-likeness (QED) is 0.683. The van der Waals surface area contributed by atoms with Gasteiger partial charge in [-0.05, 0) is 24.6 Å². The van der Waals surface area contributed by atoms with Crippen LogP contribution in [0.4, 0.5) is 11.5 Å². The summed E-state index contributed by atoms with van der Waals surface area (Å²) < 4.78 is 1.42. The van der Waals surface area contributed by atoms with E-state index >= 15 is 0 Å². The van der Waals surface area contributed by atoms with E-state index in [0.717, 1.165) is 11.8 Å². The Labute approximate surface area is 108 Å². The van der Waals surface area contributed by atoms with Crippen molar-refractivity contribution in [3.05, 3.63) is 51.2 Å². The van der Waals surface area contributed by atoms with Gasteiger partial charge in [-0.25, -0.2) is 4.68 Å². The SMILES string of the molecule is CC(c1ccc(Cl)cc1)n1ncc([N+](=O)[O-])c1N. The van der Waals surface area contributed by atoms with E-state index in [9.17, 15) is 10.1 Å². The maximum Gasteiger partial charge on any atom is 0.330 e. The zero-order chi connectivity index (χ0) is 13.3. The molecule has 0 spiro atoms. The monoisotopic (exact) mass is 266 g/mol. The Morgan fingerprint density at radius 1 is 1.44 bits per heavy atom. The molecule has 94 valence electrons. The Bertz CT molecular complexity index is 579. The summed E-state index contributed by atoms with van der Waals surface area (Å²) in [5.74, 6) is 0.0439. The molecule has 1 aromatic heterocycles. The molecule has 0 radical (unpaired) electrons. The van der Waals surface area contributed by atoms with Crippen LogP contribution in [-0.4, -0.2) is 14.7 Å². The summed E-state index contributed by atoms with van der Waals surface area (Å²) in [5, 5.41) is 15.3. The Hall–Kier alpha value is -2.08. The van der Waals surface area contributed by atoms with E-state index in [1.165, 1.54) is 4.68 Å². The van der Waals surface area contributed by atoms with Gasteiger partial charge in [0.15, 0.2) is 0 Å². The molecule has 1 aromatic carbocycles. The molecule has 0 bridgehead atoms. The van der Waals surface area contributed by atoms with Crippen LogP contribution in [0.1, 0.15) is 18.5 Å². The van der Waals surface area contributed by atoms with Crippen LogP contribution in [0, 0.1) is 10.1 Å². The summed E-state index contributed by atoms with van der Waals surface area (Å²) in [5.41, 5.74) is 6.44. The molecule has 7 heteroatoms. The lowest BCUT2D eigenvalue weighted by Crippen LogP contribution is -2.11. The number of nitrogens with two attached hydrogens (primary N) is 1. The minimum atomic E-state index is -0.548. The standard InChI is InChI=1S/C11H11ClN4O2/c1-7(8-2-4-9(12)5-3-8)15-11(13)10(6-14-15)16(17)18/h2-7H,13H2,1H3. The smallest absolute Gasteiger partial charge is 0.330 e. The van der Waals surface area contributed by atoms with Crippen LogP contribution >= 0.6 is 11.6 Å². The normalized spacial score (nSPS) is 12.3. The van der Waals surface area contributed by atoms with E-state index in [1.54, 1.807) is 12.1 Å². The fourth-order valence-electron chi connectivity index (χ4n) is 1.69. The van der Waals surface area contributed by atoms with Crippen LogP contribution in [0.15, 0.2) is 30.5 Å². The van der Waals surface area contributed by atoms with Crippen LogP contribution in [0.5, 0.6) is 0 Å². The zero-order valence-corrected chi connectivity index (χ0v) is 10.3. The number of hydrogen-bond donors (Lipinski definition) is 1. The summed E-state index contributed by atoms with van der Waals surface area (Å²) in [6.45, 7) is 1.86. The molecule has 2 aromatic rings. The summed E-state index contributed by atoms with van der Waals surface area (Å²) in [7, 11) is 0. The summed E-state index contributed by atoms with van der Waals surface area (Å²) >= 11 is 5.80. The molecular weight excluding hydrogens is 256 g/mol. The van der Waals surface area contributed by atoms with Gasteiger partial charge in [0.1, 0.15) is 6.20 Å². The van der Waals surface area contributed by atoms with E-state index in [-0.39, 0.29) is 17.5 Å². The molecule has 0 aliphatic carbocycles. The highest BCUT2D eigenvalue weighted by molar-refractivity contribution is 6.30. The molecule has 0 aliphatic heterocycles. The minimum absolute atomic E-state index is 0.0439. The van der Waals surface area contributed by atoms with Crippen LogP contribution in [0.2, 0.25) is 5.02 Å². The fourth-order valence-corrected chi connectivity index (χ4v) is 1.82. The van der Waals surface area contributed by atoms with Crippen molar-refractivity contribution in [2.24, 2.45) is 0 Å². The number of anilines is 1. The summed E-state index contributed by atoms with van der Waals surface area (Å²) in [6, 6.07) is 6.97. The van der Waals surface area contributed by atoms with Crippen molar-refractivity contribution in [2.75, 3.05) is 5.73 Å². The maximum absolute atomic E-state index is 10.7.